The summed E-state index contributed by atoms with van der Waals surface area (Å²) in [5, 5.41) is 0. The topological polar surface area (TPSA) is 78.9 Å². The van der Waals surface area contributed by atoms with Gasteiger partial charge in [0, 0.05) is 19.3 Å². The van der Waals surface area contributed by atoms with Crippen LogP contribution in [0.4, 0.5) is 0 Å². The lowest BCUT2D eigenvalue weighted by Gasteiger charge is -2.18. The van der Waals surface area contributed by atoms with Crippen LogP contribution in [-0.2, 0) is 28.6 Å². The molecule has 0 amide bonds. The van der Waals surface area contributed by atoms with Crippen LogP contribution < -0.4 is 0 Å². The highest BCUT2D eigenvalue weighted by molar-refractivity contribution is 5.71. The maximum Gasteiger partial charge on any atom is 0.306 e. The molecule has 61 heavy (non-hydrogen) atoms. The molecule has 0 aromatic rings. The van der Waals surface area contributed by atoms with Crippen molar-refractivity contribution in [3.63, 3.8) is 0 Å². The molecular weight excluding hydrogens is 757 g/mol. The second kappa shape index (κ2) is 49.5. The summed E-state index contributed by atoms with van der Waals surface area (Å²) in [7, 11) is 0. The van der Waals surface area contributed by atoms with Crippen LogP contribution in [0.3, 0.4) is 0 Å². The van der Waals surface area contributed by atoms with E-state index in [2.05, 4.69) is 93.7 Å². The van der Waals surface area contributed by atoms with Crippen LogP contribution in [0.25, 0.3) is 0 Å². The monoisotopic (exact) mass is 851 g/mol. The molecule has 350 valence electrons. The summed E-state index contributed by atoms with van der Waals surface area (Å²) in [6.45, 7) is 6.45. The number of rotatable bonds is 45. The maximum absolute atomic E-state index is 12.8. The Morgan fingerprint density at radius 2 is 0.656 bits per heavy atom. The first-order valence-electron chi connectivity index (χ1n) is 25.4. The molecule has 0 aromatic heterocycles. The van der Waals surface area contributed by atoms with E-state index in [1.165, 1.54) is 77.0 Å². The zero-order valence-corrected chi connectivity index (χ0v) is 39.9. The molecule has 0 aliphatic carbocycles. The predicted molar refractivity (Wildman–Crippen MR) is 261 cm³/mol. The lowest BCUT2D eigenvalue weighted by Crippen LogP contribution is -2.30. The third-order valence-electron chi connectivity index (χ3n) is 10.7. The van der Waals surface area contributed by atoms with E-state index in [4.69, 9.17) is 14.2 Å². The minimum atomic E-state index is -0.790. The van der Waals surface area contributed by atoms with Crippen molar-refractivity contribution in [1.82, 2.24) is 0 Å². The quantitative estimate of drug-likeness (QED) is 0.0263. The number of unbranched alkanes of at least 4 members (excludes halogenated alkanes) is 22. The summed E-state index contributed by atoms with van der Waals surface area (Å²) in [4.78, 5) is 37.9. The molecule has 0 heterocycles. The van der Waals surface area contributed by atoms with Gasteiger partial charge in [-0.25, -0.2) is 0 Å². The molecule has 6 nitrogen and oxygen atoms in total. The van der Waals surface area contributed by atoms with E-state index in [-0.39, 0.29) is 31.1 Å². The molecule has 0 aromatic carbocycles. The summed E-state index contributed by atoms with van der Waals surface area (Å²) < 4.78 is 16.8. The molecule has 0 aliphatic rings. The maximum atomic E-state index is 12.8. The average Bonchev–Trinajstić information content (AvgIpc) is 3.26. The first-order chi connectivity index (χ1) is 30.0. The third-order valence-corrected chi connectivity index (χ3v) is 10.7. The van der Waals surface area contributed by atoms with Crippen molar-refractivity contribution in [2.75, 3.05) is 13.2 Å². The molecule has 0 bridgehead atoms. The highest BCUT2D eigenvalue weighted by atomic mass is 16.6. The first-order valence-corrected chi connectivity index (χ1v) is 25.4. The third kappa shape index (κ3) is 47.7. The summed E-state index contributed by atoms with van der Waals surface area (Å²) in [6.07, 6.45) is 61.6. The highest BCUT2D eigenvalue weighted by Crippen LogP contribution is 2.14. The molecule has 0 saturated heterocycles. The molecule has 0 radical (unpaired) electrons. The zero-order valence-electron chi connectivity index (χ0n) is 39.9. The number of hydrogen-bond acceptors (Lipinski definition) is 6. The Hall–Kier alpha value is -3.15. The Bertz CT molecular complexity index is 1160. The molecule has 0 aliphatic heterocycles. The van der Waals surface area contributed by atoms with Gasteiger partial charge in [-0.15, -0.1) is 0 Å². The van der Waals surface area contributed by atoms with E-state index in [0.29, 0.717) is 19.3 Å². The second-order valence-electron chi connectivity index (χ2n) is 16.7. The SMILES string of the molecule is CC/C=C\C/C=C\C/C=C\C/C=C\CCCCCCC(=O)OCC(COC(=O)CCCCCCCCCCCCCC)OC(=O)CCCCCCC/C=C\C/C=C\CCCC. The first kappa shape index (κ1) is 57.9. The van der Waals surface area contributed by atoms with Gasteiger partial charge in [0.15, 0.2) is 6.10 Å². The van der Waals surface area contributed by atoms with Crippen molar-refractivity contribution >= 4 is 17.9 Å². The molecule has 0 N–H and O–H groups in total. The van der Waals surface area contributed by atoms with Gasteiger partial charge in [-0.3, -0.25) is 14.4 Å². The zero-order chi connectivity index (χ0) is 44.4. The van der Waals surface area contributed by atoms with Gasteiger partial charge in [-0.05, 0) is 83.5 Å². The summed E-state index contributed by atoms with van der Waals surface area (Å²) >= 11 is 0. The summed E-state index contributed by atoms with van der Waals surface area (Å²) in [5.41, 5.74) is 0. The van der Waals surface area contributed by atoms with Crippen LogP contribution >= 0.6 is 0 Å². The standard InChI is InChI=1S/C55H94O6/c1-4-7-10-13-16-19-22-25-27-28-29-31-33-36-39-42-45-48-54(57)60-51-52(50-59-53(56)47-44-41-38-35-32-24-21-18-15-12-9-6-3)61-55(58)49-46-43-40-37-34-30-26-23-20-17-14-11-8-5-2/h7,10,14,16-17,19,23,25-27,29,31,52H,4-6,8-9,11-13,15,18,20-22,24,28,30,32-51H2,1-3H3/b10-7-,17-14-,19-16-,26-23-,27-25-,31-29-. The van der Waals surface area contributed by atoms with E-state index in [9.17, 15) is 14.4 Å². The van der Waals surface area contributed by atoms with E-state index < -0.39 is 6.10 Å². The fraction of sp³-hybridized carbons (Fsp3) is 0.727. The lowest BCUT2D eigenvalue weighted by molar-refractivity contribution is -0.167. The molecule has 6 heteroatoms. The van der Waals surface area contributed by atoms with Crippen LogP contribution in [0.2, 0.25) is 0 Å². The summed E-state index contributed by atoms with van der Waals surface area (Å²) in [6, 6.07) is 0. The van der Waals surface area contributed by atoms with Crippen molar-refractivity contribution in [2.24, 2.45) is 0 Å². The predicted octanol–water partition coefficient (Wildman–Crippen LogP) is 16.6. The molecule has 1 unspecified atom stereocenters. The van der Waals surface area contributed by atoms with Crippen LogP contribution in [0.1, 0.15) is 239 Å². The van der Waals surface area contributed by atoms with E-state index in [1.807, 2.05) is 0 Å². The second-order valence-corrected chi connectivity index (χ2v) is 16.7. The van der Waals surface area contributed by atoms with Gasteiger partial charge in [0.25, 0.3) is 0 Å². The number of carbonyl (C=O) groups is 3. The Morgan fingerprint density at radius 3 is 1.05 bits per heavy atom. The number of hydrogen-bond donors (Lipinski definition) is 0. The van der Waals surface area contributed by atoms with Crippen molar-refractivity contribution in [1.29, 1.82) is 0 Å². The molecule has 0 spiro atoms. The lowest BCUT2D eigenvalue weighted by atomic mass is 10.0. The highest BCUT2D eigenvalue weighted by Gasteiger charge is 2.19. The normalized spacial score (nSPS) is 12.6. The van der Waals surface area contributed by atoms with Crippen molar-refractivity contribution < 1.29 is 28.6 Å². The molecule has 0 saturated carbocycles. The van der Waals surface area contributed by atoms with Crippen molar-refractivity contribution in [3.8, 4) is 0 Å². The molecule has 0 fully saturated rings. The minimum absolute atomic E-state index is 0.0878. The minimum Gasteiger partial charge on any atom is -0.462 e. The number of ether oxygens (including phenoxy) is 3. The number of esters is 3. The van der Waals surface area contributed by atoms with Gasteiger partial charge in [-0.2, -0.15) is 0 Å². The smallest absolute Gasteiger partial charge is 0.306 e. The van der Waals surface area contributed by atoms with E-state index in [1.54, 1.807) is 0 Å². The fourth-order valence-electron chi connectivity index (χ4n) is 6.86. The Labute approximate surface area is 376 Å². The van der Waals surface area contributed by atoms with Crippen molar-refractivity contribution in [2.45, 2.75) is 245 Å². The Balaban J connectivity index is 4.44. The molecular formula is C55H94O6. The molecule has 1 atom stereocenters. The Morgan fingerprint density at radius 1 is 0.344 bits per heavy atom. The van der Waals surface area contributed by atoms with Crippen LogP contribution in [0.15, 0.2) is 72.9 Å². The largest absolute Gasteiger partial charge is 0.462 e. The van der Waals surface area contributed by atoms with E-state index >= 15 is 0 Å². The van der Waals surface area contributed by atoms with Gasteiger partial charge in [0.1, 0.15) is 13.2 Å². The van der Waals surface area contributed by atoms with Crippen LogP contribution in [-0.4, -0.2) is 37.2 Å². The van der Waals surface area contributed by atoms with Crippen LogP contribution in [0, 0.1) is 0 Å². The average molecular weight is 851 g/mol. The van der Waals surface area contributed by atoms with Gasteiger partial charge in [0.2, 0.25) is 0 Å². The van der Waals surface area contributed by atoms with E-state index in [0.717, 1.165) is 122 Å². The van der Waals surface area contributed by atoms with Gasteiger partial charge in [0.05, 0.1) is 0 Å². The fourth-order valence-corrected chi connectivity index (χ4v) is 6.86. The Kier molecular flexibility index (Phi) is 46.9. The number of carbonyl (C=O) groups excluding carboxylic acids is 3. The van der Waals surface area contributed by atoms with Crippen molar-refractivity contribution in [3.05, 3.63) is 72.9 Å². The molecule has 0 rings (SSSR count). The summed E-state index contributed by atoms with van der Waals surface area (Å²) in [5.74, 6) is -0.926. The van der Waals surface area contributed by atoms with Gasteiger partial charge >= 0.3 is 17.9 Å². The van der Waals surface area contributed by atoms with Crippen LogP contribution in [0.5, 0.6) is 0 Å². The number of allylic oxidation sites excluding steroid dienone is 12. The van der Waals surface area contributed by atoms with Gasteiger partial charge in [-0.1, -0.05) is 209 Å². The van der Waals surface area contributed by atoms with Gasteiger partial charge < -0.3 is 14.2 Å².